The normalized spacial score (nSPS) is 9.65. The molecule has 0 aliphatic heterocycles. The molecule has 0 unspecified atom stereocenters. The Morgan fingerprint density at radius 1 is 1.41 bits per heavy atom. The number of amides is 1. The Balaban J connectivity index is 2.30. The Morgan fingerprint density at radius 3 is 2.71 bits per heavy atom. The predicted octanol–water partition coefficient (Wildman–Crippen LogP) is 1.25. The average Bonchev–Trinajstić information content (AvgIpc) is 2.37. The summed E-state index contributed by atoms with van der Waals surface area (Å²) in [4.78, 5) is 11.4. The highest BCUT2D eigenvalue weighted by Crippen LogP contribution is 2.05. The van der Waals surface area contributed by atoms with Crippen LogP contribution < -0.4 is 5.32 Å². The number of hydrogen-bond acceptors (Lipinski definition) is 3. The minimum absolute atomic E-state index is 0.0198. The van der Waals surface area contributed by atoms with Crippen LogP contribution in [0.3, 0.4) is 0 Å². The first kappa shape index (κ1) is 13.2. The zero-order valence-corrected chi connectivity index (χ0v) is 9.90. The average molecular weight is 232 g/mol. The summed E-state index contributed by atoms with van der Waals surface area (Å²) in [6, 6.07) is 9.34. The zero-order valence-electron chi connectivity index (χ0n) is 9.90. The van der Waals surface area contributed by atoms with Gasteiger partial charge in [-0.2, -0.15) is 5.26 Å². The van der Waals surface area contributed by atoms with Gasteiger partial charge in [0.1, 0.15) is 0 Å². The summed E-state index contributed by atoms with van der Waals surface area (Å²) in [5.41, 5.74) is 1.70. The van der Waals surface area contributed by atoms with E-state index in [-0.39, 0.29) is 5.91 Å². The van der Waals surface area contributed by atoms with Gasteiger partial charge in [0.05, 0.1) is 18.2 Å². The topological polar surface area (TPSA) is 62.1 Å². The lowest BCUT2D eigenvalue weighted by Gasteiger charge is -2.04. The minimum atomic E-state index is 0.0198. The van der Waals surface area contributed by atoms with E-state index in [0.29, 0.717) is 31.6 Å². The Kier molecular flexibility index (Phi) is 5.76. The lowest BCUT2D eigenvalue weighted by atomic mass is 10.1. The summed E-state index contributed by atoms with van der Waals surface area (Å²) < 4.78 is 4.84. The van der Waals surface area contributed by atoms with E-state index in [4.69, 9.17) is 10.00 Å². The van der Waals surface area contributed by atoms with Gasteiger partial charge in [-0.05, 0) is 24.1 Å². The van der Waals surface area contributed by atoms with E-state index in [2.05, 4.69) is 11.4 Å². The standard InChI is InChI=1S/C13H16N2O2/c1-17-9-8-15-13(16)7-6-11-2-4-12(10-14)5-3-11/h2-5H,6-9H2,1H3,(H,15,16). The minimum Gasteiger partial charge on any atom is -0.383 e. The van der Waals surface area contributed by atoms with Crippen LogP contribution in [0.1, 0.15) is 17.5 Å². The number of methoxy groups -OCH3 is 1. The van der Waals surface area contributed by atoms with Crippen LogP contribution in [0.4, 0.5) is 0 Å². The van der Waals surface area contributed by atoms with Crippen molar-refractivity contribution in [2.24, 2.45) is 0 Å². The van der Waals surface area contributed by atoms with Crippen LogP contribution in [0.15, 0.2) is 24.3 Å². The van der Waals surface area contributed by atoms with E-state index in [9.17, 15) is 4.79 Å². The molecular weight excluding hydrogens is 216 g/mol. The number of nitrogens with one attached hydrogen (secondary N) is 1. The van der Waals surface area contributed by atoms with Crippen LogP contribution in [-0.2, 0) is 16.0 Å². The molecule has 0 fully saturated rings. The van der Waals surface area contributed by atoms with Crippen LogP contribution in [-0.4, -0.2) is 26.2 Å². The van der Waals surface area contributed by atoms with E-state index >= 15 is 0 Å². The zero-order chi connectivity index (χ0) is 12.5. The smallest absolute Gasteiger partial charge is 0.220 e. The second-order valence-corrected chi connectivity index (χ2v) is 3.65. The quantitative estimate of drug-likeness (QED) is 0.751. The molecule has 90 valence electrons. The molecule has 0 aliphatic rings. The Bertz CT molecular complexity index is 393. The highest BCUT2D eigenvalue weighted by molar-refractivity contribution is 5.76. The molecule has 0 aliphatic carbocycles. The molecule has 0 saturated carbocycles. The molecule has 1 amide bonds. The van der Waals surface area contributed by atoms with Gasteiger partial charge < -0.3 is 10.1 Å². The number of aryl methyl sites for hydroxylation is 1. The third kappa shape index (κ3) is 5.14. The second-order valence-electron chi connectivity index (χ2n) is 3.65. The highest BCUT2D eigenvalue weighted by Gasteiger charge is 2.01. The van der Waals surface area contributed by atoms with Crippen LogP contribution in [0.25, 0.3) is 0 Å². The SMILES string of the molecule is COCCNC(=O)CCc1ccc(C#N)cc1. The maximum atomic E-state index is 11.4. The number of hydrogen-bond donors (Lipinski definition) is 1. The molecule has 1 N–H and O–H groups in total. The van der Waals surface area contributed by atoms with E-state index in [1.165, 1.54) is 0 Å². The molecule has 0 aromatic heterocycles. The predicted molar refractivity (Wildman–Crippen MR) is 64.4 cm³/mol. The van der Waals surface area contributed by atoms with Gasteiger partial charge in [-0.15, -0.1) is 0 Å². The third-order valence-electron chi connectivity index (χ3n) is 2.35. The van der Waals surface area contributed by atoms with E-state index < -0.39 is 0 Å². The van der Waals surface area contributed by atoms with Crippen molar-refractivity contribution in [1.82, 2.24) is 5.32 Å². The molecule has 1 rings (SSSR count). The molecule has 0 spiro atoms. The van der Waals surface area contributed by atoms with Gasteiger partial charge in [-0.3, -0.25) is 4.79 Å². The number of carbonyl (C=O) groups is 1. The van der Waals surface area contributed by atoms with Crippen molar-refractivity contribution in [2.75, 3.05) is 20.3 Å². The highest BCUT2D eigenvalue weighted by atomic mass is 16.5. The Morgan fingerprint density at radius 2 is 2.12 bits per heavy atom. The van der Waals surface area contributed by atoms with Gasteiger partial charge in [0.25, 0.3) is 0 Å². The van der Waals surface area contributed by atoms with E-state index in [1.807, 2.05) is 12.1 Å². The molecule has 0 atom stereocenters. The van der Waals surface area contributed by atoms with Gasteiger partial charge in [0, 0.05) is 20.1 Å². The van der Waals surface area contributed by atoms with Gasteiger partial charge in [-0.25, -0.2) is 0 Å². The maximum Gasteiger partial charge on any atom is 0.220 e. The van der Waals surface area contributed by atoms with Crippen molar-refractivity contribution < 1.29 is 9.53 Å². The van der Waals surface area contributed by atoms with Gasteiger partial charge in [-0.1, -0.05) is 12.1 Å². The number of benzene rings is 1. The molecule has 1 aromatic rings. The summed E-state index contributed by atoms with van der Waals surface area (Å²) in [6.07, 6.45) is 1.14. The van der Waals surface area contributed by atoms with Crippen molar-refractivity contribution in [3.05, 3.63) is 35.4 Å². The fraction of sp³-hybridized carbons (Fsp3) is 0.385. The molecule has 1 aromatic carbocycles. The molecule has 0 radical (unpaired) electrons. The lowest BCUT2D eigenvalue weighted by molar-refractivity contribution is -0.121. The van der Waals surface area contributed by atoms with E-state index in [1.54, 1.807) is 19.2 Å². The monoisotopic (exact) mass is 232 g/mol. The number of rotatable bonds is 6. The fourth-order valence-electron chi connectivity index (χ4n) is 1.38. The molecule has 0 heterocycles. The Hall–Kier alpha value is -1.86. The summed E-state index contributed by atoms with van der Waals surface area (Å²) in [5.74, 6) is 0.0198. The largest absolute Gasteiger partial charge is 0.383 e. The van der Waals surface area contributed by atoms with Crippen molar-refractivity contribution >= 4 is 5.91 Å². The van der Waals surface area contributed by atoms with Gasteiger partial charge >= 0.3 is 0 Å². The van der Waals surface area contributed by atoms with Crippen LogP contribution >= 0.6 is 0 Å². The number of nitriles is 1. The second kappa shape index (κ2) is 7.42. The van der Waals surface area contributed by atoms with Gasteiger partial charge in [0.15, 0.2) is 0 Å². The molecule has 17 heavy (non-hydrogen) atoms. The van der Waals surface area contributed by atoms with Crippen LogP contribution in [0, 0.1) is 11.3 Å². The van der Waals surface area contributed by atoms with Crippen molar-refractivity contribution in [3.63, 3.8) is 0 Å². The fourth-order valence-corrected chi connectivity index (χ4v) is 1.38. The maximum absolute atomic E-state index is 11.4. The molecule has 4 heteroatoms. The van der Waals surface area contributed by atoms with Crippen molar-refractivity contribution in [2.45, 2.75) is 12.8 Å². The summed E-state index contributed by atoms with van der Waals surface area (Å²) in [5, 5.41) is 11.4. The van der Waals surface area contributed by atoms with Crippen molar-refractivity contribution in [3.8, 4) is 6.07 Å². The molecule has 0 saturated heterocycles. The first-order valence-electron chi connectivity index (χ1n) is 5.51. The molecule has 4 nitrogen and oxygen atoms in total. The number of nitrogens with zero attached hydrogens (tertiary/aromatic N) is 1. The summed E-state index contributed by atoms with van der Waals surface area (Å²) in [7, 11) is 1.60. The van der Waals surface area contributed by atoms with Crippen molar-refractivity contribution in [1.29, 1.82) is 5.26 Å². The molecule has 0 bridgehead atoms. The van der Waals surface area contributed by atoms with Gasteiger partial charge in [0.2, 0.25) is 5.91 Å². The summed E-state index contributed by atoms with van der Waals surface area (Å²) in [6.45, 7) is 1.07. The lowest BCUT2D eigenvalue weighted by Crippen LogP contribution is -2.27. The van der Waals surface area contributed by atoms with E-state index in [0.717, 1.165) is 5.56 Å². The number of carbonyl (C=O) groups excluding carboxylic acids is 1. The van der Waals surface area contributed by atoms with Crippen LogP contribution in [0.5, 0.6) is 0 Å². The number of ether oxygens (including phenoxy) is 1. The Labute approximate surface area is 101 Å². The first-order chi connectivity index (χ1) is 8.26. The third-order valence-corrected chi connectivity index (χ3v) is 2.35. The summed E-state index contributed by atoms with van der Waals surface area (Å²) >= 11 is 0. The van der Waals surface area contributed by atoms with Crippen LogP contribution in [0.2, 0.25) is 0 Å². The first-order valence-corrected chi connectivity index (χ1v) is 5.51. The molecular formula is C13H16N2O2.